The summed E-state index contributed by atoms with van der Waals surface area (Å²) in [5.74, 6) is -1.43. The Balaban J connectivity index is 2.85. The molecule has 0 aliphatic carbocycles. The normalized spacial score (nSPS) is 10.0. The molecule has 0 aliphatic heterocycles. The molecule has 0 unspecified atom stereocenters. The van der Waals surface area contributed by atoms with E-state index in [2.05, 4.69) is 4.74 Å². The second-order valence-corrected chi connectivity index (χ2v) is 3.53. The quantitative estimate of drug-likeness (QED) is 0.747. The second kappa shape index (κ2) is 6.00. The zero-order valence-corrected chi connectivity index (χ0v) is 9.47. The third kappa shape index (κ3) is 3.57. The van der Waals surface area contributed by atoms with Gasteiger partial charge in [-0.2, -0.15) is 0 Å². The van der Waals surface area contributed by atoms with E-state index in [0.717, 1.165) is 5.56 Å². The number of esters is 1. The molecule has 17 heavy (non-hydrogen) atoms. The standard InChI is InChI=1S/C12H14O5/c1-17-11(14)5-3-8-2-4-9(7-13)10(6-8)12(15)16/h2,4,6,13H,3,5,7H2,1H3,(H,15,16). The van der Waals surface area contributed by atoms with Gasteiger partial charge in [0.1, 0.15) is 0 Å². The predicted molar refractivity (Wildman–Crippen MR) is 59.7 cm³/mol. The molecule has 1 rings (SSSR count). The molecule has 5 nitrogen and oxygen atoms in total. The number of ether oxygens (including phenoxy) is 1. The monoisotopic (exact) mass is 238 g/mol. The molecule has 0 saturated carbocycles. The summed E-state index contributed by atoms with van der Waals surface area (Å²) in [5, 5.41) is 17.9. The van der Waals surface area contributed by atoms with Crippen molar-refractivity contribution in [3.8, 4) is 0 Å². The van der Waals surface area contributed by atoms with Crippen LogP contribution in [0, 0.1) is 0 Å². The van der Waals surface area contributed by atoms with E-state index >= 15 is 0 Å². The van der Waals surface area contributed by atoms with Crippen LogP contribution in [-0.4, -0.2) is 29.3 Å². The van der Waals surface area contributed by atoms with Gasteiger partial charge in [-0.3, -0.25) is 4.79 Å². The average molecular weight is 238 g/mol. The van der Waals surface area contributed by atoms with Gasteiger partial charge in [-0.15, -0.1) is 0 Å². The summed E-state index contributed by atoms with van der Waals surface area (Å²) in [5.41, 5.74) is 1.15. The number of carbonyl (C=O) groups is 2. The Labute approximate surface area is 98.6 Å². The van der Waals surface area contributed by atoms with Crippen LogP contribution in [0.1, 0.15) is 27.9 Å². The third-order valence-electron chi connectivity index (χ3n) is 2.42. The number of carboxylic acid groups (broad SMARTS) is 1. The summed E-state index contributed by atoms with van der Waals surface area (Å²) in [6.45, 7) is -0.321. The first-order valence-corrected chi connectivity index (χ1v) is 5.11. The molecule has 0 fully saturated rings. The van der Waals surface area contributed by atoms with Gasteiger partial charge in [-0.05, 0) is 23.6 Å². The first-order chi connectivity index (χ1) is 8.08. The fourth-order valence-electron chi connectivity index (χ4n) is 1.46. The lowest BCUT2D eigenvalue weighted by Gasteiger charge is -2.06. The number of aromatic carboxylic acids is 1. The zero-order chi connectivity index (χ0) is 12.8. The molecule has 0 amide bonds. The fourth-order valence-corrected chi connectivity index (χ4v) is 1.46. The van der Waals surface area contributed by atoms with Gasteiger partial charge in [0.05, 0.1) is 19.3 Å². The second-order valence-electron chi connectivity index (χ2n) is 3.53. The van der Waals surface area contributed by atoms with Gasteiger partial charge in [-0.25, -0.2) is 4.79 Å². The van der Waals surface area contributed by atoms with Gasteiger partial charge in [0, 0.05) is 6.42 Å². The number of carbonyl (C=O) groups excluding carboxylic acids is 1. The van der Waals surface area contributed by atoms with E-state index in [-0.39, 0.29) is 24.6 Å². The summed E-state index contributed by atoms with van der Waals surface area (Å²) in [4.78, 5) is 21.9. The van der Waals surface area contributed by atoms with Crippen LogP contribution in [0.5, 0.6) is 0 Å². The van der Waals surface area contributed by atoms with Crippen molar-refractivity contribution in [3.63, 3.8) is 0 Å². The van der Waals surface area contributed by atoms with E-state index in [4.69, 9.17) is 10.2 Å². The third-order valence-corrected chi connectivity index (χ3v) is 2.42. The number of aliphatic hydroxyl groups is 1. The molecule has 0 spiro atoms. The number of hydrogen-bond acceptors (Lipinski definition) is 4. The SMILES string of the molecule is COC(=O)CCc1ccc(CO)c(C(=O)O)c1. The molecular formula is C12H14O5. The first-order valence-electron chi connectivity index (χ1n) is 5.11. The van der Waals surface area contributed by atoms with Crippen molar-refractivity contribution in [3.05, 3.63) is 34.9 Å². The molecule has 0 heterocycles. The summed E-state index contributed by atoms with van der Waals surface area (Å²) in [7, 11) is 1.31. The van der Waals surface area contributed by atoms with Crippen molar-refractivity contribution in [2.75, 3.05) is 7.11 Å². The van der Waals surface area contributed by atoms with E-state index in [0.29, 0.717) is 12.0 Å². The van der Waals surface area contributed by atoms with Crippen LogP contribution in [0.3, 0.4) is 0 Å². The Bertz CT molecular complexity index is 425. The minimum Gasteiger partial charge on any atom is -0.478 e. The lowest BCUT2D eigenvalue weighted by Crippen LogP contribution is -2.06. The van der Waals surface area contributed by atoms with Crippen LogP contribution in [0.2, 0.25) is 0 Å². The Hall–Kier alpha value is -1.88. The highest BCUT2D eigenvalue weighted by Gasteiger charge is 2.11. The Morgan fingerprint density at radius 2 is 2.06 bits per heavy atom. The summed E-state index contributed by atoms with van der Waals surface area (Å²) in [6, 6.07) is 4.72. The molecule has 0 saturated heterocycles. The first kappa shape index (κ1) is 13.2. The molecule has 0 aromatic heterocycles. The van der Waals surface area contributed by atoms with Crippen molar-refractivity contribution >= 4 is 11.9 Å². The highest BCUT2D eigenvalue weighted by molar-refractivity contribution is 5.89. The predicted octanol–water partition coefficient (Wildman–Crippen LogP) is 0.983. The van der Waals surface area contributed by atoms with Crippen LogP contribution in [0.25, 0.3) is 0 Å². The van der Waals surface area contributed by atoms with Crippen molar-refractivity contribution in [1.82, 2.24) is 0 Å². The maximum absolute atomic E-state index is 10.9. The summed E-state index contributed by atoms with van der Waals surface area (Å²) >= 11 is 0. The number of benzene rings is 1. The highest BCUT2D eigenvalue weighted by atomic mass is 16.5. The minimum atomic E-state index is -1.09. The molecule has 1 aromatic rings. The molecule has 5 heteroatoms. The summed E-state index contributed by atoms with van der Waals surface area (Å²) < 4.78 is 4.50. The average Bonchev–Trinajstić information content (AvgIpc) is 2.35. The van der Waals surface area contributed by atoms with Gasteiger partial charge < -0.3 is 14.9 Å². The molecule has 1 aromatic carbocycles. The van der Waals surface area contributed by atoms with Gasteiger partial charge in [-0.1, -0.05) is 12.1 Å². The Kier molecular flexibility index (Phi) is 4.66. The van der Waals surface area contributed by atoms with E-state index in [1.54, 1.807) is 12.1 Å². The van der Waals surface area contributed by atoms with Crippen molar-refractivity contribution < 1.29 is 24.5 Å². The van der Waals surface area contributed by atoms with E-state index in [1.165, 1.54) is 13.2 Å². The largest absolute Gasteiger partial charge is 0.478 e. The van der Waals surface area contributed by atoms with E-state index in [9.17, 15) is 9.59 Å². The smallest absolute Gasteiger partial charge is 0.336 e. The van der Waals surface area contributed by atoms with Crippen LogP contribution < -0.4 is 0 Å². The maximum Gasteiger partial charge on any atom is 0.336 e. The molecule has 0 radical (unpaired) electrons. The zero-order valence-electron chi connectivity index (χ0n) is 9.47. The van der Waals surface area contributed by atoms with Gasteiger partial charge in [0.15, 0.2) is 0 Å². The molecule has 0 bridgehead atoms. The van der Waals surface area contributed by atoms with Crippen molar-refractivity contribution in [1.29, 1.82) is 0 Å². The number of aliphatic hydroxyl groups excluding tert-OH is 1. The van der Waals surface area contributed by atoms with Crippen LogP contribution in [0.15, 0.2) is 18.2 Å². The fraction of sp³-hybridized carbons (Fsp3) is 0.333. The van der Waals surface area contributed by atoms with Crippen LogP contribution in [-0.2, 0) is 22.6 Å². The lowest BCUT2D eigenvalue weighted by atomic mass is 10.0. The van der Waals surface area contributed by atoms with Crippen LogP contribution >= 0.6 is 0 Å². The Morgan fingerprint density at radius 1 is 1.35 bits per heavy atom. The van der Waals surface area contributed by atoms with Gasteiger partial charge in [0.25, 0.3) is 0 Å². The van der Waals surface area contributed by atoms with Gasteiger partial charge >= 0.3 is 11.9 Å². The topological polar surface area (TPSA) is 83.8 Å². The molecular weight excluding hydrogens is 224 g/mol. The van der Waals surface area contributed by atoms with Crippen molar-refractivity contribution in [2.45, 2.75) is 19.4 Å². The molecule has 2 N–H and O–H groups in total. The minimum absolute atomic E-state index is 0.0647. The molecule has 92 valence electrons. The maximum atomic E-state index is 10.9. The lowest BCUT2D eigenvalue weighted by molar-refractivity contribution is -0.140. The number of methoxy groups -OCH3 is 1. The number of aryl methyl sites for hydroxylation is 1. The number of rotatable bonds is 5. The molecule has 0 aliphatic rings. The highest BCUT2D eigenvalue weighted by Crippen LogP contribution is 2.14. The Morgan fingerprint density at radius 3 is 2.59 bits per heavy atom. The van der Waals surface area contributed by atoms with E-state index in [1.807, 2.05) is 0 Å². The van der Waals surface area contributed by atoms with Crippen LogP contribution in [0.4, 0.5) is 0 Å². The molecule has 0 atom stereocenters. The summed E-state index contributed by atoms with van der Waals surface area (Å²) in [6.07, 6.45) is 0.618. The number of carboxylic acids is 1. The van der Waals surface area contributed by atoms with E-state index < -0.39 is 5.97 Å². The number of hydrogen-bond donors (Lipinski definition) is 2. The van der Waals surface area contributed by atoms with Crippen molar-refractivity contribution in [2.24, 2.45) is 0 Å². The van der Waals surface area contributed by atoms with Gasteiger partial charge in [0.2, 0.25) is 0 Å².